The number of thioether (sulfide) groups is 1. The van der Waals surface area contributed by atoms with Gasteiger partial charge >= 0.3 is 18.2 Å². The predicted octanol–water partition coefficient (Wildman–Crippen LogP) is 4.70. The Bertz CT molecular complexity index is 694. The molecule has 0 unspecified atom stereocenters. The summed E-state index contributed by atoms with van der Waals surface area (Å²) in [6.07, 6.45) is 0.688. The Morgan fingerprint density at radius 2 is 2.07 bits per heavy atom. The van der Waals surface area contributed by atoms with E-state index in [4.69, 9.17) is 9.84 Å². The number of nitrogens with one attached hydrogen (secondary N) is 1. The molecule has 1 fully saturated rings. The van der Waals surface area contributed by atoms with Gasteiger partial charge in [0.2, 0.25) is 0 Å². The monoisotopic (exact) mass is 469 g/mol. The number of aromatic nitrogens is 1. The van der Waals surface area contributed by atoms with Gasteiger partial charge in [-0.15, -0.1) is 11.8 Å². The number of anilines is 1. The smallest absolute Gasteiger partial charge is 0.411 e. The lowest BCUT2D eigenvalue weighted by Crippen LogP contribution is -2.46. The summed E-state index contributed by atoms with van der Waals surface area (Å²) >= 11 is 2.57. The maximum Gasteiger partial charge on any atom is 0.411 e. The molecular weight excluding hydrogens is 443 g/mol. The molecule has 30 heavy (non-hydrogen) atoms. The number of carboxylic acids is 1. The van der Waals surface area contributed by atoms with Gasteiger partial charge in [0.25, 0.3) is 0 Å². The van der Waals surface area contributed by atoms with Crippen LogP contribution in [0.1, 0.15) is 39.0 Å². The maximum absolute atomic E-state index is 12.8. The molecule has 1 heterocycles. The Labute approximate surface area is 181 Å². The van der Waals surface area contributed by atoms with Crippen molar-refractivity contribution in [3.05, 3.63) is 6.20 Å². The van der Waals surface area contributed by atoms with Gasteiger partial charge in [0.15, 0.2) is 5.13 Å². The van der Waals surface area contributed by atoms with E-state index in [1.807, 2.05) is 0 Å². The van der Waals surface area contributed by atoms with Crippen LogP contribution in [0, 0.1) is 5.92 Å². The van der Waals surface area contributed by atoms with E-state index in [2.05, 4.69) is 17.2 Å². The molecule has 7 nitrogen and oxygen atoms in total. The number of hydrogen-bond acceptors (Lipinski definition) is 6. The van der Waals surface area contributed by atoms with Gasteiger partial charge in [-0.2, -0.15) is 13.2 Å². The lowest BCUT2D eigenvalue weighted by Gasteiger charge is -2.36. The third-order valence-corrected chi connectivity index (χ3v) is 6.80. The van der Waals surface area contributed by atoms with Gasteiger partial charge < -0.3 is 14.7 Å². The number of rotatable bonds is 10. The fourth-order valence-corrected chi connectivity index (χ4v) is 5.01. The molecule has 0 spiro atoms. The number of carbonyl (C=O) groups is 2. The van der Waals surface area contributed by atoms with Crippen LogP contribution in [-0.4, -0.2) is 64.7 Å². The minimum atomic E-state index is -4.40. The molecular formula is C18H26F3N3O4S2. The van der Waals surface area contributed by atoms with E-state index in [0.29, 0.717) is 16.8 Å². The lowest BCUT2D eigenvalue weighted by atomic mass is 9.86. The Morgan fingerprint density at radius 3 is 2.70 bits per heavy atom. The van der Waals surface area contributed by atoms with Crippen molar-refractivity contribution >= 4 is 40.2 Å². The molecule has 0 aromatic carbocycles. The van der Waals surface area contributed by atoms with E-state index < -0.39 is 24.8 Å². The molecule has 0 radical (unpaired) electrons. The van der Waals surface area contributed by atoms with Gasteiger partial charge in [-0.1, -0.05) is 18.3 Å². The van der Waals surface area contributed by atoms with Gasteiger partial charge in [-0.25, -0.2) is 9.78 Å². The molecule has 1 aromatic rings. The third-order valence-electron chi connectivity index (χ3n) is 4.69. The largest absolute Gasteiger partial charge is 0.481 e. The Kier molecular flexibility index (Phi) is 9.69. The molecule has 1 saturated carbocycles. The topological polar surface area (TPSA) is 91.8 Å². The highest BCUT2D eigenvalue weighted by molar-refractivity contribution is 8.01. The molecule has 0 saturated heterocycles. The summed E-state index contributed by atoms with van der Waals surface area (Å²) in [5, 5.41) is 11.8. The van der Waals surface area contributed by atoms with Crippen LogP contribution in [0.4, 0.5) is 23.1 Å². The van der Waals surface area contributed by atoms with Gasteiger partial charge in [0.05, 0.1) is 23.4 Å². The number of amides is 2. The van der Waals surface area contributed by atoms with Crippen molar-refractivity contribution in [3.63, 3.8) is 0 Å². The van der Waals surface area contributed by atoms with Crippen LogP contribution in [0.25, 0.3) is 0 Å². The molecule has 0 bridgehead atoms. The summed E-state index contributed by atoms with van der Waals surface area (Å²) in [6.45, 7) is 0.666. The van der Waals surface area contributed by atoms with Crippen LogP contribution in [-0.2, 0) is 9.53 Å². The number of halogens is 3. The molecule has 170 valence electrons. The van der Waals surface area contributed by atoms with Crippen molar-refractivity contribution in [2.24, 2.45) is 5.92 Å². The van der Waals surface area contributed by atoms with E-state index in [9.17, 15) is 22.8 Å². The average Bonchev–Trinajstić information content (AvgIpc) is 3.08. The van der Waals surface area contributed by atoms with Crippen molar-refractivity contribution < 1.29 is 32.6 Å². The number of hydrogen-bond donors (Lipinski definition) is 2. The van der Waals surface area contributed by atoms with Crippen molar-refractivity contribution in [2.45, 2.75) is 55.5 Å². The zero-order chi connectivity index (χ0) is 22.1. The first-order valence-corrected chi connectivity index (χ1v) is 11.5. The number of alkyl halides is 3. The molecule has 1 aliphatic rings. The average molecular weight is 470 g/mol. The molecule has 2 amide bonds. The summed E-state index contributed by atoms with van der Waals surface area (Å²) in [5.41, 5.74) is 0. The summed E-state index contributed by atoms with van der Waals surface area (Å²) in [4.78, 5) is 29.1. The number of urea groups is 1. The van der Waals surface area contributed by atoms with Gasteiger partial charge in [0, 0.05) is 18.3 Å². The highest BCUT2D eigenvalue weighted by Gasteiger charge is 2.30. The fourth-order valence-electron chi connectivity index (χ4n) is 3.14. The number of nitrogens with zero attached hydrogens (tertiary/aromatic N) is 2. The zero-order valence-corrected chi connectivity index (χ0v) is 18.2. The van der Waals surface area contributed by atoms with E-state index in [0.717, 1.165) is 29.9 Å². The molecule has 0 aliphatic heterocycles. The summed E-state index contributed by atoms with van der Waals surface area (Å²) in [5.74, 6) is 0.0797. The second kappa shape index (κ2) is 11.8. The van der Waals surface area contributed by atoms with Crippen molar-refractivity contribution in [1.82, 2.24) is 9.88 Å². The predicted molar refractivity (Wildman–Crippen MR) is 109 cm³/mol. The first kappa shape index (κ1) is 24.7. The highest BCUT2D eigenvalue weighted by Crippen LogP contribution is 2.30. The summed E-state index contributed by atoms with van der Waals surface area (Å²) < 4.78 is 42.4. The maximum atomic E-state index is 12.8. The molecule has 1 aliphatic carbocycles. The lowest BCUT2D eigenvalue weighted by molar-refractivity contribution is -0.174. The van der Waals surface area contributed by atoms with Crippen LogP contribution >= 0.6 is 23.1 Å². The zero-order valence-electron chi connectivity index (χ0n) is 16.6. The van der Waals surface area contributed by atoms with Gasteiger partial charge in [-0.05, 0) is 31.6 Å². The number of carbonyl (C=O) groups excluding carboxylic acids is 1. The summed E-state index contributed by atoms with van der Waals surface area (Å²) in [6, 6.07) is -0.471. The first-order valence-electron chi connectivity index (χ1n) is 9.66. The van der Waals surface area contributed by atoms with Crippen molar-refractivity contribution in [3.8, 4) is 0 Å². The Balaban J connectivity index is 1.92. The Hall–Kier alpha value is -1.53. The third kappa shape index (κ3) is 9.09. The van der Waals surface area contributed by atoms with Crippen molar-refractivity contribution in [2.75, 3.05) is 30.8 Å². The van der Waals surface area contributed by atoms with E-state index >= 15 is 0 Å². The van der Waals surface area contributed by atoms with Crippen LogP contribution in [0.2, 0.25) is 0 Å². The van der Waals surface area contributed by atoms with Crippen LogP contribution < -0.4 is 5.32 Å². The first-order chi connectivity index (χ1) is 14.1. The van der Waals surface area contributed by atoms with E-state index in [1.54, 1.807) is 11.1 Å². The number of aliphatic carboxylic acids is 1. The molecule has 0 atom stereocenters. The second-order valence-electron chi connectivity index (χ2n) is 7.18. The van der Waals surface area contributed by atoms with E-state index in [-0.39, 0.29) is 25.6 Å². The number of ether oxygens (including phenoxy) is 1. The van der Waals surface area contributed by atoms with Crippen LogP contribution in [0.5, 0.6) is 0 Å². The molecule has 12 heteroatoms. The highest BCUT2D eigenvalue weighted by atomic mass is 32.2. The summed E-state index contributed by atoms with van der Waals surface area (Å²) in [7, 11) is 0. The second-order valence-corrected chi connectivity index (χ2v) is 9.61. The fraction of sp³-hybridized carbons (Fsp3) is 0.722. The quantitative estimate of drug-likeness (QED) is 0.381. The molecule has 1 aromatic heterocycles. The number of carboxylic acid groups (broad SMARTS) is 1. The van der Waals surface area contributed by atoms with Gasteiger partial charge in [-0.3, -0.25) is 10.1 Å². The Morgan fingerprint density at radius 1 is 1.37 bits per heavy atom. The number of thiazole rings is 1. The molecule has 2 N–H and O–H groups in total. The minimum absolute atomic E-state index is 0.0239. The van der Waals surface area contributed by atoms with Gasteiger partial charge in [0.1, 0.15) is 6.61 Å². The normalized spacial score (nSPS) is 19.5. The SMILES string of the molecule is CC1CCC(N(CCOCC(F)(F)F)C(=O)Nc2ncc(SCCC(=O)O)s2)CC1. The minimum Gasteiger partial charge on any atom is -0.481 e. The van der Waals surface area contributed by atoms with E-state index in [1.165, 1.54) is 23.1 Å². The van der Waals surface area contributed by atoms with Crippen LogP contribution in [0.15, 0.2) is 10.4 Å². The molecule has 2 rings (SSSR count). The standard InChI is InChI=1S/C18H26F3N3O4S2/c1-12-2-4-13(5-3-12)24(7-8-28-11-18(19,20)21)17(27)23-16-22-10-15(30-16)29-9-6-14(25)26/h10,12-13H,2-9,11H2,1H3,(H,25,26)(H,22,23,27). The van der Waals surface area contributed by atoms with Crippen LogP contribution in [0.3, 0.4) is 0 Å². The van der Waals surface area contributed by atoms with Crippen molar-refractivity contribution in [1.29, 1.82) is 0 Å².